The fourth-order valence-corrected chi connectivity index (χ4v) is 2.93. The van der Waals surface area contributed by atoms with Crippen molar-refractivity contribution in [3.05, 3.63) is 54.0 Å². The zero-order valence-corrected chi connectivity index (χ0v) is 16.9. The molecule has 1 unspecified atom stereocenters. The third-order valence-electron chi connectivity index (χ3n) is 4.61. The molecule has 2 atom stereocenters. The summed E-state index contributed by atoms with van der Waals surface area (Å²) >= 11 is 0. The Balaban J connectivity index is 1.76. The third-order valence-corrected chi connectivity index (χ3v) is 4.61. The molecule has 0 spiro atoms. The van der Waals surface area contributed by atoms with Crippen molar-refractivity contribution < 1.29 is 10.2 Å². The number of anilines is 2. The molecule has 0 saturated heterocycles. The quantitative estimate of drug-likeness (QED) is 0.397. The first-order chi connectivity index (χ1) is 14.5. The van der Waals surface area contributed by atoms with E-state index in [2.05, 4.69) is 31.8 Å². The summed E-state index contributed by atoms with van der Waals surface area (Å²) in [6, 6.07) is 9.10. The minimum absolute atomic E-state index is 0.0160. The molecule has 0 bridgehead atoms. The minimum Gasteiger partial charge on any atom is -0.394 e. The summed E-state index contributed by atoms with van der Waals surface area (Å²) in [5, 5.41) is 38.5. The summed E-state index contributed by atoms with van der Waals surface area (Å²) in [6.07, 6.45) is 4.86. The molecule has 3 rings (SSSR count). The summed E-state index contributed by atoms with van der Waals surface area (Å²) in [7, 11) is 0. The number of aliphatic hydroxyl groups excluding tert-OH is 2. The van der Waals surface area contributed by atoms with Crippen LogP contribution < -0.4 is 10.6 Å². The SMILES string of the molecule is CC[C@@H](C#N)NC(O)c1ccc(-c2nc(Nc3cnn(CCO)c3)ncc2C)cc1. The predicted octanol–water partition coefficient (Wildman–Crippen LogP) is 2.27. The van der Waals surface area contributed by atoms with Gasteiger partial charge in [0.1, 0.15) is 6.23 Å². The maximum absolute atomic E-state index is 10.3. The van der Waals surface area contributed by atoms with Crippen LogP contribution in [0.1, 0.15) is 30.7 Å². The van der Waals surface area contributed by atoms with Crippen molar-refractivity contribution in [1.82, 2.24) is 25.1 Å². The molecule has 9 heteroatoms. The number of nitrogens with one attached hydrogen (secondary N) is 2. The van der Waals surface area contributed by atoms with E-state index in [0.717, 1.165) is 22.5 Å². The van der Waals surface area contributed by atoms with Gasteiger partial charge in [0.15, 0.2) is 0 Å². The van der Waals surface area contributed by atoms with Crippen molar-refractivity contribution >= 4 is 11.6 Å². The highest BCUT2D eigenvalue weighted by molar-refractivity contribution is 5.65. The molecular weight excluding hydrogens is 382 g/mol. The van der Waals surface area contributed by atoms with Gasteiger partial charge in [-0.1, -0.05) is 31.2 Å². The molecule has 3 aromatic rings. The van der Waals surface area contributed by atoms with Gasteiger partial charge < -0.3 is 15.5 Å². The lowest BCUT2D eigenvalue weighted by Gasteiger charge is -2.16. The van der Waals surface area contributed by atoms with Crippen LogP contribution in [0.5, 0.6) is 0 Å². The summed E-state index contributed by atoms with van der Waals surface area (Å²) < 4.78 is 1.63. The molecule has 0 fully saturated rings. The van der Waals surface area contributed by atoms with Crippen LogP contribution in [0.3, 0.4) is 0 Å². The number of nitriles is 1. The van der Waals surface area contributed by atoms with E-state index in [-0.39, 0.29) is 6.61 Å². The molecule has 2 aromatic heterocycles. The van der Waals surface area contributed by atoms with Crippen LogP contribution in [0.2, 0.25) is 0 Å². The van der Waals surface area contributed by atoms with Gasteiger partial charge >= 0.3 is 0 Å². The van der Waals surface area contributed by atoms with Gasteiger partial charge in [0, 0.05) is 18.0 Å². The van der Waals surface area contributed by atoms with Gasteiger partial charge in [-0.15, -0.1) is 0 Å². The van der Waals surface area contributed by atoms with E-state index < -0.39 is 12.3 Å². The Labute approximate surface area is 175 Å². The van der Waals surface area contributed by atoms with Crippen molar-refractivity contribution in [2.24, 2.45) is 0 Å². The number of nitrogens with zero attached hydrogens (tertiary/aromatic N) is 5. The largest absolute Gasteiger partial charge is 0.394 e. The van der Waals surface area contributed by atoms with Crippen LogP contribution in [-0.2, 0) is 6.54 Å². The number of hydrogen-bond donors (Lipinski definition) is 4. The second-order valence-electron chi connectivity index (χ2n) is 6.85. The topological polar surface area (TPSA) is 132 Å². The number of rotatable bonds is 9. The molecule has 30 heavy (non-hydrogen) atoms. The first-order valence-electron chi connectivity index (χ1n) is 9.72. The fraction of sp³-hybridized carbons (Fsp3) is 0.333. The average Bonchev–Trinajstić information content (AvgIpc) is 3.20. The normalized spacial score (nSPS) is 12.9. The van der Waals surface area contributed by atoms with Gasteiger partial charge in [0.05, 0.1) is 42.8 Å². The molecule has 0 aliphatic carbocycles. The third kappa shape index (κ3) is 5.18. The van der Waals surface area contributed by atoms with Crippen LogP contribution in [0.4, 0.5) is 11.6 Å². The highest BCUT2D eigenvalue weighted by Gasteiger charge is 2.14. The standard InChI is InChI=1S/C21H25N7O2/c1-3-17(10-22)25-20(30)16-6-4-15(5-7-16)19-14(2)11-23-21(27-19)26-18-12-24-28(13-18)8-9-29/h4-7,11-13,17,20,25,29-30H,3,8-9H2,1-2H3,(H,23,26,27)/t17-,20?/m0/s1. The van der Waals surface area contributed by atoms with E-state index in [1.54, 1.807) is 23.3 Å². The van der Waals surface area contributed by atoms with Crippen molar-refractivity contribution in [3.63, 3.8) is 0 Å². The molecule has 1 aromatic carbocycles. The second-order valence-corrected chi connectivity index (χ2v) is 6.85. The highest BCUT2D eigenvalue weighted by atomic mass is 16.3. The van der Waals surface area contributed by atoms with E-state index in [0.29, 0.717) is 24.5 Å². The lowest BCUT2D eigenvalue weighted by atomic mass is 10.0. The average molecular weight is 407 g/mol. The fourth-order valence-electron chi connectivity index (χ4n) is 2.93. The van der Waals surface area contributed by atoms with Gasteiger partial charge in [0.2, 0.25) is 5.95 Å². The van der Waals surface area contributed by atoms with Gasteiger partial charge in [-0.3, -0.25) is 10.00 Å². The number of hydrogen-bond acceptors (Lipinski definition) is 8. The van der Waals surface area contributed by atoms with Crippen LogP contribution in [0.15, 0.2) is 42.9 Å². The molecule has 9 nitrogen and oxygen atoms in total. The zero-order chi connectivity index (χ0) is 21.5. The molecule has 0 saturated carbocycles. The molecule has 4 N–H and O–H groups in total. The highest BCUT2D eigenvalue weighted by Crippen LogP contribution is 2.24. The summed E-state index contributed by atoms with van der Waals surface area (Å²) in [6.45, 7) is 4.25. The Morgan fingerprint density at radius 3 is 2.67 bits per heavy atom. The van der Waals surface area contributed by atoms with Crippen molar-refractivity contribution in [2.45, 2.75) is 39.1 Å². The number of aliphatic hydroxyl groups is 2. The predicted molar refractivity (Wildman–Crippen MR) is 113 cm³/mol. The Morgan fingerprint density at radius 2 is 2.00 bits per heavy atom. The molecule has 2 heterocycles. The Kier molecular flexibility index (Phi) is 7.08. The van der Waals surface area contributed by atoms with Gasteiger partial charge in [-0.05, 0) is 24.5 Å². The lowest BCUT2D eigenvalue weighted by Crippen LogP contribution is -2.31. The van der Waals surface area contributed by atoms with E-state index in [9.17, 15) is 5.11 Å². The maximum Gasteiger partial charge on any atom is 0.227 e. The van der Waals surface area contributed by atoms with Gasteiger partial charge in [-0.25, -0.2) is 9.97 Å². The number of aromatic nitrogens is 4. The Hall–Kier alpha value is -3.32. The zero-order valence-electron chi connectivity index (χ0n) is 16.9. The first kappa shape index (κ1) is 21.4. The number of benzene rings is 1. The summed E-state index contributed by atoms with van der Waals surface area (Å²) in [4.78, 5) is 8.94. The minimum atomic E-state index is -0.914. The van der Waals surface area contributed by atoms with Crippen molar-refractivity contribution in [1.29, 1.82) is 5.26 Å². The summed E-state index contributed by atoms with van der Waals surface area (Å²) in [5.41, 5.74) is 3.97. The molecule has 0 amide bonds. The second kappa shape index (κ2) is 9.93. The lowest BCUT2D eigenvalue weighted by molar-refractivity contribution is 0.130. The summed E-state index contributed by atoms with van der Waals surface area (Å²) in [5.74, 6) is 0.435. The molecule has 156 valence electrons. The van der Waals surface area contributed by atoms with Crippen LogP contribution >= 0.6 is 0 Å². The Bertz CT molecular complexity index is 1010. The van der Waals surface area contributed by atoms with E-state index >= 15 is 0 Å². The monoisotopic (exact) mass is 407 g/mol. The van der Waals surface area contributed by atoms with E-state index in [4.69, 9.17) is 10.4 Å². The number of aryl methyl sites for hydroxylation is 1. The molecule has 0 aliphatic rings. The Morgan fingerprint density at radius 1 is 1.23 bits per heavy atom. The van der Waals surface area contributed by atoms with Crippen LogP contribution in [0.25, 0.3) is 11.3 Å². The van der Waals surface area contributed by atoms with Gasteiger partial charge in [-0.2, -0.15) is 10.4 Å². The molecular formula is C21H25N7O2. The molecule has 0 radical (unpaired) electrons. The van der Waals surface area contributed by atoms with Gasteiger partial charge in [0.25, 0.3) is 0 Å². The van der Waals surface area contributed by atoms with Crippen molar-refractivity contribution in [3.8, 4) is 17.3 Å². The van der Waals surface area contributed by atoms with E-state index in [1.165, 1.54) is 0 Å². The first-order valence-corrected chi connectivity index (χ1v) is 9.72. The van der Waals surface area contributed by atoms with Crippen molar-refractivity contribution in [2.75, 3.05) is 11.9 Å². The smallest absolute Gasteiger partial charge is 0.227 e. The van der Waals surface area contributed by atoms with Crippen LogP contribution in [0, 0.1) is 18.3 Å². The molecule has 0 aliphatic heterocycles. The van der Waals surface area contributed by atoms with E-state index in [1.807, 2.05) is 38.1 Å². The maximum atomic E-state index is 10.3. The van der Waals surface area contributed by atoms with Crippen LogP contribution in [-0.4, -0.2) is 42.6 Å².